The fourth-order valence-electron chi connectivity index (χ4n) is 4.53. The SMILES string of the molecule is O=C1CCC(N2Cc3cc(C(=O)Nc4nccc(OC5CCCC5)n4)ccc3C2=O)C(=O)N1. The summed E-state index contributed by atoms with van der Waals surface area (Å²) in [4.78, 5) is 59.0. The largest absolute Gasteiger partial charge is 0.474 e. The molecule has 2 N–H and O–H groups in total. The van der Waals surface area contributed by atoms with E-state index < -0.39 is 17.9 Å². The second kappa shape index (κ2) is 8.61. The highest BCUT2D eigenvalue weighted by Crippen LogP contribution is 2.28. The molecule has 5 rings (SSSR count). The average molecular weight is 449 g/mol. The number of anilines is 1. The van der Waals surface area contributed by atoms with Gasteiger partial charge in [-0.1, -0.05) is 0 Å². The van der Waals surface area contributed by atoms with Crippen molar-refractivity contribution in [1.29, 1.82) is 0 Å². The van der Waals surface area contributed by atoms with E-state index in [0.717, 1.165) is 25.7 Å². The standard InChI is InChI=1S/C23H23N5O5/c29-18-8-7-17(21(31)25-18)28-12-14-11-13(5-6-16(14)22(28)32)20(30)27-23-24-10-9-19(26-23)33-15-3-1-2-4-15/h5-6,9-11,15,17H,1-4,7-8,12H2,(H,25,29,31)(H,24,26,27,30). The van der Waals surface area contributed by atoms with E-state index in [2.05, 4.69) is 20.6 Å². The number of aromatic nitrogens is 2. The van der Waals surface area contributed by atoms with Gasteiger partial charge in [0.25, 0.3) is 11.8 Å². The van der Waals surface area contributed by atoms with Crippen LogP contribution in [-0.2, 0) is 16.1 Å². The number of carbonyl (C=O) groups is 4. The van der Waals surface area contributed by atoms with Crippen LogP contribution >= 0.6 is 0 Å². The first kappa shape index (κ1) is 21.0. The molecule has 2 aromatic rings. The molecule has 0 spiro atoms. The molecule has 2 aliphatic heterocycles. The molecule has 10 nitrogen and oxygen atoms in total. The number of amides is 4. The highest BCUT2D eigenvalue weighted by molar-refractivity contribution is 6.07. The number of carbonyl (C=O) groups excluding carboxylic acids is 4. The van der Waals surface area contributed by atoms with Gasteiger partial charge in [-0.25, -0.2) is 4.98 Å². The molecule has 3 heterocycles. The van der Waals surface area contributed by atoms with Gasteiger partial charge >= 0.3 is 0 Å². The Kier molecular flexibility index (Phi) is 5.49. The quantitative estimate of drug-likeness (QED) is 0.666. The van der Waals surface area contributed by atoms with E-state index in [1.54, 1.807) is 24.3 Å². The predicted octanol–water partition coefficient (Wildman–Crippen LogP) is 1.81. The minimum atomic E-state index is -0.698. The lowest BCUT2D eigenvalue weighted by atomic mass is 10.0. The van der Waals surface area contributed by atoms with Crippen molar-refractivity contribution in [3.8, 4) is 5.88 Å². The lowest BCUT2D eigenvalue weighted by molar-refractivity contribution is -0.136. The molecule has 1 saturated heterocycles. The van der Waals surface area contributed by atoms with E-state index in [1.165, 1.54) is 11.1 Å². The smallest absolute Gasteiger partial charge is 0.258 e. The second-order valence-electron chi connectivity index (χ2n) is 8.47. The molecule has 1 saturated carbocycles. The number of benzene rings is 1. The summed E-state index contributed by atoms with van der Waals surface area (Å²) < 4.78 is 5.86. The minimum Gasteiger partial charge on any atom is -0.474 e. The fourth-order valence-corrected chi connectivity index (χ4v) is 4.53. The van der Waals surface area contributed by atoms with E-state index in [0.29, 0.717) is 22.6 Å². The van der Waals surface area contributed by atoms with Crippen LogP contribution in [0.25, 0.3) is 0 Å². The summed E-state index contributed by atoms with van der Waals surface area (Å²) in [7, 11) is 0. The monoisotopic (exact) mass is 449 g/mol. The maximum absolute atomic E-state index is 12.8. The number of hydrogen-bond acceptors (Lipinski definition) is 7. The Morgan fingerprint density at radius 2 is 1.94 bits per heavy atom. The topological polar surface area (TPSA) is 131 Å². The number of nitrogens with zero attached hydrogens (tertiary/aromatic N) is 3. The summed E-state index contributed by atoms with van der Waals surface area (Å²) in [5.74, 6) is -0.945. The average Bonchev–Trinajstić information content (AvgIpc) is 3.41. The van der Waals surface area contributed by atoms with E-state index >= 15 is 0 Å². The second-order valence-corrected chi connectivity index (χ2v) is 8.47. The van der Waals surface area contributed by atoms with E-state index in [1.807, 2.05) is 0 Å². The molecule has 1 aliphatic carbocycles. The predicted molar refractivity (Wildman–Crippen MR) is 115 cm³/mol. The number of fused-ring (bicyclic) bond motifs is 1. The third-order valence-electron chi connectivity index (χ3n) is 6.23. The maximum Gasteiger partial charge on any atom is 0.258 e. The molecule has 170 valence electrons. The van der Waals surface area contributed by atoms with Crippen molar-refractivity contribution in [2.45, 2.75) is 57.2 Å². The van der Waals surface area contributed by atoms with E-state index in [4.69, 9.17) is 4.74 Å². The molecule has 1 aromatic carbocycles. The van der Waals surface area contributed by atoms with Crippen LogP contribution in [0.5, 0.6) is 5.88 Å². The molecule has 0 radical (unpaired) electrons. The van der Waals surface area contributed by atoms with E-state index in [9.17, 15) is 19.2 Å². The number of ether oxygens (including phenoxy) is 1. The molecule has 33 heavy (non-hydrogen) atoms. The van der Waals surface area contributed by atoms with Gasteiger partial charge in [0.15, 0.2) is 0 Å². The Bertz CT molecular complexity index is 1140. The van der Waals surface area contributed by atoms with Crippen LogP contribution in [-0.4, -0.2) is 50.6 Å². The first-order chi connectivity index (χ1) is 16.0. The number of piperidine rings is 1. The van der Waals surface area contributed by atoms with E-state index in [-0.39, 0.29) is 43.3 Å². The van der Waals surface area contributed by atoms with Crippen molar-refractivity contribution >= 4 is 29.6 Å². The van der Waals surface area contributed by atoms with Crippen LogP contribution in [0, 0.1) is 0 Å². The van der Waals surface area contributed by atoms with Gasteiger partial charge in [0, 0.05) is 36.4 Å². The van der Waals surface area contributed by atoms with Gasteiger partial charge in [0.05, 0.1) is 0 Å². The van der Waals surface area contributed by atoms with Crippen LogP contribution in [0.15, 0.2) is 30.5 Å². The van der Waals surface area contributed by atoms with Gasteiger partial charge in [0.2, 0.25) is 23.6 Å². The lowest BCUT2D eigenvalue weighted by Gasteiger charge is -2.29. The molecule has 10 heteroatoms. The molecule has 3 aliphatic rings. The molecule has 1 atom stereocenters. The van der Waals surface area contributed by atoms with Crippen LogP contribution in [0.1, 0.15) is 64.8 Å². The van der Waals surface area contributed by atoms with Crippen molar-refractivity contribution in [3.63, 3.8) is 0 Å². The lowest BCUT2D eigenvalue weighted by Crippen LogP contribution is -2.52. The fraction of sp³-hybridized carbons (Fsp3) is 0.391. The summed E-state index contributed by atoms with van der Waals surface area (Å²) in [6.45, 7) is 0.197. The Hall–Kier alpha value is -3.82. The zero-order chi connectivity index (χ0) is 22.9. The maximum atomic E-state index is 12.8. The highest BCUT2D eigenvalue weighted by atomic mass is 16.5. The summed E-state index contributed by atoms with van der Waals surface area (Å²) in [6, 6.07) is 5.74. The zero-order valence-corrected chi connectivity index (χ0v) is 17.9. The third kappa shape index (κ3) is 4.28. The Morgan fingerprint density at radius 1 is 1.12 bits per heavy atom. The van der Waals surface area contributed by atoms with Crippen molar-refractivity contribution in [2.75, 3.05) is 5.32 Å². The Morgan fingerprint density at radius 3 is 2.73 bits per heavy atom. The number of rotatable bonds is 5. The van der Waals surface area contributed by atoms with Crippen LogP contribution in [0.3, 0.4) is 0 Å². The summed E-state index contributed by atoms with van der Waals surface area (Å²) in [5.41, 5.74) is 1.44. The van der Waals surface area contributed by atoms with Crippen molar-refractivity contribution in [1.82, 2.24) is 20.2 Å². The van der Waals surface area contributed by atoms with Crippen LogP contribution < -0.4 is 15.4 Å². The van der Waals surface area contributed by atoms with Gasteiger partial charge in [-0.2, -0.15) is 4.98 Å². The normalized spacial score (nSPS) is 20.5. The number of nitrogens with one attached hydrogen (secondary N) is 2. The van der Waals surface area contributed by atoms with Crippen LogP contribution in [0.2, 0.25) is 0 Å². The number of imide groups is 1. The highest BCUT2D eigenvalue weighted by Gasteiger charge is 2.39. The van der Waals surface area contributed by atoms with Crippen LogP contribution in [0.4, 0.5) is 5.95 Å². The first-order valence-corrected chi connectivity index (χ1v) is 11.1. The van der Waals surface area contributed by atoms with Crippen molar-refractivity contribution in [2.24, 2.45) is 0 Å². The minimum absolute atomic E-state index is 0.136. The zero-order valence-electron chi connectivity index (χ0n) is 17.9. The van der Waals surface area contributed by atoms with Gasteiger partial charge in [-0.05, 0) is 55.9 Å². The molecule has 0 bridgehead atoms. The first-order valence-electron chi connectivity index (χ1n) is 11.1. The molecular weight excluding hydrogens is 426 g/mol. The Labute approximate surface area is 189 Å². The van der Waals surface area contributed by atoms with Crippen molar-refractivity contribution in [3.05, 3.63) is 47.2 Å². The molecule has 2 fully saturated rings. The van der Waals surface area contributed by atoms with Gasteiger partial charge in [-0.15, -0.1) is 0 Å². The molecular formula is C23H23N5O5. The summed E-state index contributed by atoms with van der Waals surface area (Å²) >= 11 is 0. The van der Waals surface area contributed by atoms with Crippen molar-refractivity contribution < 1.29 is 23.9 Å². The number of hydrogen-bond donors (Lipinski definition) is 2. The molecule has 1 unspecified atom stereocenters. The third-order valence-corrected chi connectivity index (χ3v) is 6.23. The Balaban J connectivity index is 1.27. The van der Waals surface area contributed by atoms with Gasteiger partial charge < -0.3 is 9.64 Å². The van der Waals surface area contributed by atoms with Gasteiger partial charge in [-0.3, -0.25) is 29.8 Å². The molecule has 4 amide bonds. The summed E-state index contributed by atoms with van der Waals surface area (Å²) in [6.07, 6.45) is 6.42. The summed E-state index contributed by atoms with van der Waals surface area (Å²) in [5, 5.41) is 4.95. The van der Waals surface area contributed by atoms with Gasteiger partial charge in [0.1, 0.15) is 12.1 Å². The molecule has 1 aromatic heterocycles.